The van der Waals surface area contributed by atoms with E-state index < -0.39 is 0 Å². The number of H-pyrrole nitrogens is 1. The van der Waals surface area contributed by atoms with E-state index in [1.165, 1.54) is 25.7 Å². The van der Waals surface area contributed by atoms with E-state index in [1.54, 1.807) is 6.07 Å². The molecule has 22 heavy (non-hydrogen) atoms. The van der Waals surface area contributed by atoms with Gasteiger partial charge in [-0.1, -0.05) is 26.7 Å². The van der Waals surface area contributed by atoms with Gasteiger partial charge in [-0.15, -0.1) is 0 Å². The standard InChI is InChI=1S/C16H26N4O2/c1-11(2)13-10-14(20-19-13)16(22)18-8-7-17-15(21)9-12-5-3-4-6-12/h10-12H,3-9H2,1-2H3,(H,17,21)(H,18,22)(H,19,20). The summed E-state index contributed by atoms with van der Waals surface area (Å²) >= 11 is 0. The van der Waals surface area contributed by atoms with E-state index in [4.69, 9.17) is 0 Å². The molecule has 0 radical (unpaired) electrons. The van der Waals surface area contributed by atoms with Gasteiger partial charge >= 0.3 is 0 Å². The van der Waals surface area contributed by atoms with Gasteiger partial charge in [-0.05, 0) is 30.7 Å². The van der Waals surface area contributed by atoms with Crippen LogP contribution in [-0.4, -0.2) is 35.1 Å². The lowest BCUT2D eigenvalue weighted by Crippen LogP contribution is -2.35. The molecule has 6 heteroatoms. The molecule has 1 heterocycles. The van der Waals surface area contributed by atoms with Gasteiger partial charge in [-0.3, -0.25) is 14.7 Å². The van der Waals surface area contributed by atoms with Crippen LogP contribution in [0.1, 0.15) is 68.1 Å². The van der Waals surface area contributed by atoms with Gasteiger partial charge in [-0.2, -0.15) is 5.10 Å². The minimum atomic E-state index is -0.215. The molecule has 0 saturated heterocycles. The van der Waals surface area contributed by atoms with Crippen molar-refractivity contribution < 1.29 is 9.59 Å². The fraction of sp³-hybridized carbons (Fsp3) is 0.688. The predicted octanol–water partition coefficient (Wildman–Crippen LogP) is 1.96. The minimum Gasteiger partial charge on any atom is -0.354 e. The topological polar surface area (TPSA) is 86.9 Å². The number of nitrogens with zero attached hydrogens (tertiary/aromatic N) is 1. The first-order chi connectivity index (χ1) is 10.6. The van der Waals surface area contributed by atoms with Crippen LogP contribution < -0.4 is 10.6 Å². The van der Waals surface area contributed by atoms with E-state index in [9.17, 15) is 9.59 Å². The molecule has 0 spiro atoms. The molecule has 1 aliphatic carbocycles. The summed E-state index contributed by atoms with van der Waals surface area (Å²) in [6.45, 7) is 4.95. The van der Waals surface area contributed by atoms with Gasteiger partial charge in [0, 0.05) is 25.2 Å². The van der Waals surface area contributed by atoms with Crippen LogP contribution in [-0.2, 0) is 4.79 Å². The van der Waals surface area contributed by atoms with Gasteiger partial charge in [0.1, 0.15) is 5.69 Å². The average Bonchev–Trinajstić information content (AvgIpc) is 3.14. The molecule has 0 unspecified atom stereocenters. The van der Waals surface area contributed by atoms with Crippen LogP contribution in [0.4, 0.5) is 0 Å². The third kappa shape index (κ3) is 4.86. The molecule has 0 aliphatic heterocycles. The van der Waals surface area contributed by atoms with Crippen molar-refractivity contribution in [2.45, 2.75) is 51.9 Å². The van der Waals surface area contributed by atoms with E-state index in [0.717, 1.165) is 5.69 Å². The number of amides is 2. The van der Waals surface area contributed by atoms with E-state index >= 15 is 0 Å². The van der Waals surface area contributed by atoms with Crippen LogP contribution in [0.2, 0.25) is 0 Å². The molecule has 1 aromatic heterocycles. The Morgan fingerprint density at radius 1 is 1.27 bits per heavy atom. The summed E-state index contributed by atoms with van der Waals surface area (Å²) in [6, 6.07) is 1.76. The Morgan fingerprint density at radius 2 is 1.95 bits per heavy atom. The van der Waals surface area contributed by atoms with Crippen molar-refractivity contribution in [3.8, 4) is 0 Å². The maximum absolute atomic E-state index is 11.9. The second kappa shape index (κ2) is 7.96. The monoisotopic (exact) mass is 306 g/mol. The average molecular weight is 306 g/mol. The lowest BCUT2D eigenvalue weighted by molar-refractivity contribution is -0.121. The maximum atomic E-state index is 11.9. The molecular formula is C16H26N4O2. The van der Waals surface area contributed by atoms with Gasteiger partial charge < -0.3 is 10.6 Å². The lowest BCUT2D eigenvalue weighted by Gasteiger charge is -2.09. The molecule has 2 amide bonds. The molecule has 0 atom stereocenters. The molecular weight excluding hydrogens is 280 g/mol. The summed E-state index contributed by atoms with van der Waals surface area (Å²) in [7, 11) is 0. The second-order valence-electron chi connectivity index (χ2n) is 6.32. The molecule has 1 aromatic rings. The quantitative estimate of drug-likeness (QED) is 0.673. The number of aromatic nitrogens is 2. The third-order valence-electron chi connectivity index (χ3n) is 4.13. The SMILES string of the molecule is CC(C)c1cc(C(=O)NCCNC(=O)CC2CCCC2)n[nH]1. The number of nitrogens with one attached hydrogen (secondary N) is 3. The number of aromatic amines is 1. The first-order valence-corrected chi connectivity index (χ1v) is 8.16. The smallest absolute Gasteiger partial charge is 0.271 e. The summed E-state index contributed by atoms with van der Waals surface area (Å²) in [5, 5.41) is 12.5. The number of carbonyl (C=O) groups excluding carboxylic acids is 2. The molecule has 6 nitrogen and oxygen atoms in total. The fourth-order valence-electron chi connectivity index (χ4n) is 2.77. The van der Waals surface area contributed by atoms with Crippen molar-refractivity contribution in [1.29, 1.82) is 0 Å². The molecule has 1 fully saturated rings. The maximum Gasteiger partial charge on any atom is 0.271 e. The molecule has 122 valence electrons. The van der Waals surface area contributed by atoms with Crippen molar-refractivity contribution in [3.05, 3.63) is 17.5 Å². The lowest BCUT2D eigenvalue weighted by atomic mass is 10.0. The first-order valence-electron chi connectivity index (χ1n) is 8.16. The minimum absolute atomic E-state index is 0.0861. The summed E-state index contributed by atoms with van der Waals surface area (Å²) in [5.41, 5.74) is 1.33. The van der Waals surface area contributed by atoms with Crippen LogP contribution in [0, 0.1) is 5.92 Å². The molecule has 3 N–H and O–H groups in total. The van der Waals surface area contributed by atoms with E-state index in [0.29, 0.717) is 37.0 Å². The number of rotatable bonds is 7. The Bertz CT molecular complexity index is 504. The van der Waals surface area contributed by atoms with Crippen molar-refractivity contribution in [3.63, 3.8) is 0 Å². The summed E-state index contributed by atoms with van der Waals surface area (Å²) in [6.07, 6.45) is 5.44. The molecule has 1 saturated carbocycles. The highest BCUT2D eigenvalue weighted by atomic mass is 16.2. The highest BCUT2D eigenvalue weighted by Crippen LogP contribution is 2.27. The highest BCUT2D eigenvalue weighted by molar-refractivity contribution is 5.92. The van der Waals surface area contributed by atoms with Crippen molar-refractivity contribution in [1.82, 2.24) is 20.8 Å². The number of carbonyl (C=O) groups is 2. The highest BCUT2D eigenvalue weighted by Gasteiger charge is 2.18. The van der Waals surface area contributed by atoms with E-state index in [1.807, 2.05) is 13.8 Å². The van der Waals surface area contributed by atoms with Gasteiger partial charge in [0.2, 0.25) is 5.91 Å². The number of hydrogen-bond acceptors (Lipinski definition) is 3. The molecule has 0 aromatic carbocycles. The summed E-state index contributed by atoms with van der Waals surface area (Å²) in [5.74, 6) is 0.730. The predicted molar refractivity (Wildman–Crippen MR) is 84.6 cm³/mol. The Kier molecular flexibility index (Phi) is 5.98. The zero-order valence-electron chi connectivity index (χ0n) is 13.4. The van der Waals surface area contributed by atoms with Crippen molar-refractivity contribution in [2.75, 3.05) is 13.1 Å². The van der Waals surface area contributed by atoms with Gasteiger partial charge in [0.15, 0.2) is 0 Å². The van der Waals surface area contributed by atoms with Crippen LogP contribution in [0.5, 0.6) is 0 Å². The Labute approximate surface area is 131 Å². The van der Waals surface area contributed by atoms with Crippen LogP contribution in [0.25, 0.3) is 0 Å². The normalized spacial score (nSPS) is 15.2. The first kappa shape index (κ1) is 16.5. The molecule has 0 bridgehead atoms. The summed E-state index contributed by atoms with van der Waals surface area (Å²) < 4.78 is 0. The number of hydrogen-bond donors (Lipinski definition) is 3. The van der Waals surface area contributed by atoms with E-state index in [-0.39, 0.29) is 11.8 Å². The third-order valence-corrected chi connectivity index (χ3v) is 4.13. The Hall–Kier alpha value is -1.85. The second-order valence-corrected chi connectivity index (χ2v) is 6.32. The molecule has 2 rings (SSSR count). The van der Waals surface area contributed by atoms with Crippen LogP contribution in [0.3, 0.4) is 0 Å². The zero-order chi connectivity index (χ0) is 15.9. The Morgan fingerprint density at radius 3 is 2.59 bits per heavy atom. The van der Waals surface area contributed by atoms with Crippen molar-refractivity contribution in [2.24, 2.45) is 5.92 Å². The fourth-order valence-corrected chi connectivity index (χ4v) is 2.77. The largest absolute Gasteiger partial charge is 0.354 e. The summed E-state index contributed by atoms with van der Waals surface area (Å²) in [4.78, 5) is 23.6. The van der Waals surface area contributed by atoms with Gasteiger partial charge in [0.25, 0.3) is 5.91 Å². The molecule has 1 aliphatic rings. The Balaban J connectivity index is 1.63. The zero-order valence-corrected chi connectivity index (χ0v) is 13.4. The van der Waals surface area contributed by atoms with Gasteiger partial charge in [-0.25, -0.2) is 0 Å². The van der Waals surface area contributed by atoms with Crippen LogP contribution in [0.15, 0.2) is 6.07 Å². The van der Waals surface area contributed by atoms with Crippen molar-refractivity contribution >= 4 is 11.8 Å². The van der Waals surface area contributed by atoms with E-state index in [2.05, 4.69) is 20.8 Å². The van der Waals surface area contributed by atoms with Gasteiger partial charge in [0.05, 0.1) is 0 Å². The van der Waals surface area contributed by atoms with Crippen LogP contribution >= 0.6 is 0 Å².